The fourth-order valence-corrected chi connectivity index (χ4v) is 7.78. The smallest absolute Gasteiger partial charge is 0.410 e. The molecule has 1 unspecified atom stereocenters. The van der Waals surface area contributed by atoms with Crippen LogP contribution in [0.4, 0.5) is 9.18 Å². The minimum Gasteiger partial charge on any atom is -0.442 e. The lowest BCUT2D eigenvalue weighted by molar-refractivity contribution is -0.127. The zero-order valence-corrected chi connectivity index (χ0v) is 24.3. The van der Waals surface area contributed by atoms with Crippen molar-refractivity contribution in [1.82, 2.24) is 14.7 Å². The topological polar surface area (TPSA) is 53.1 Å². The Kier molecular flexibility index (Phi) is 9.38. The third kappa shape index (κ3) is 6.40. The summed E-state index contributed by atoms with van der Waals surface area (Å²) in [5.74, 6) is 0.139. The van der Waals surface area contributed by atoms with Gasteiger partial charge >= 0.3 is 6.09 Å². The van der Waals surface area contributed by atoms with Gasteiger partial charge in [-0.2, -0.15) is 0 Å². The Labute approximate surface area is 238 Å². The number of hydrogen-bond acceptors (Lipinski definition) is 4. The van der Waals surface area contributed by atoms with Gasteiger partial charge in [-0.1, -0.05) is 56.7 Å². The van der Waals surface area contributed by atoms with E-state index in [1.54, 1.807) is 11.0 Å². The molecule has 1 saturated carbocycles. The third-order valence-corrected chi connectivity index (χ3v) is 10.2. The van der Waals surface area contributed by atoms with Crippen LogP contribution < -0.4 is 0 Å². The van der Waals surface area contributed by atoms with Crippen LogP contribution in [-0.4, -0.2) is 77.6 Å². The summed E-state index contributed by atoms with van der Waals surface area (Å²) in [6, 6.07) is 4.76. The Bertz CT molecular complexity index is 981. The third-order valence-electron chi connectivity index (χ3n) is 9.93. The fraction of sp³-hybridized carbons (Fsp3) is 0.742. The molecule has 4 aliphatic rings. The van der Waals surface area contributed by atoms with Crippen molar-refractivity contribution < 1.29 is 18.7 Å². The first kappa shape index (κ1) is 28.7. The molecular formula is C31H45ClFN3O3. The number of carbonyl (C=O) groups is 2. The first-order valence-corrected chi connectivity index (χ1v) is 15.7. The van der Waals surface area contributed by atoms with Crippen molar-refractivity contribution >= 4 is 23.6 Å². The molecule has 1 aliphatic carbocycles. The zero-order chi connectivity index (χ0) is 27.4. The highest BCUT2D eigenvalue weighted by Gasteiger charge is 2.50. The van der Waals surface area contributed by atoms with Gasteiger partial charge in [0.2, 0.25) is 0 Å². The molecule has 5 rings (SSSR count). The molecule has 3 aliphatic heterocycles. The van der Waals surface area contributed by atoms with Crippen molar-refractivity contribution in [3.8, 4) is 0 Å². The van der Waals surface area contributed by atoms with Gasteiger partial charge in [0.25, 0.3) is 5.91 Å². The predicted molar refractivity (Wildman–Crippen MR) is 152 cm³/mol. The van der Waals surface area contributed by atoms with Crippen LogP contribution in [0.1, 0.15) is 94.3 Å². The van der Waals surface area contributed by atoms with Crippen LogP contribution in [0.25, 0.3) is 0 Å². The maximum absolute atomic E-state index is 14.3. The van der Waals surface area contributed by atoms with E-state index in [1.165, 1.54) is 50.7 Å². The molecule has 8 heteroatoms. The number of halogens is 2. The van der Waals surface area contributed by atoms with Crippen LogP contribution in [0.3, 0.4) is 0 Å². The van der Waals surface area contributed by atoms with Gasteiger partial charge in [0.15, 0.2) is 0 Å². The number of amides is 2. The summed E-state index contributed by atoms with van der Waals surface area (Å²) in [6.45, 7) is 6.96. The molecule has 0 N–H and O–H groups in total. The molecule has 3 heterocycles. The first-order chi connectivity index (χ1) is 18.9. The van der Waals surface area contributed by atoms with Gasteiger partial charge in [-0.25, -0.2) is 9.18 Å². The second-order valence-electron chi connectivity index (χ2n) is 12.3. The van der Waals surface area contributed by atoms with Crippen LogP contribution in [-0.2, 0) is 4.74 Å². The Morgan fingerprint density at radius 1 is 1.08 bits per heavy atom. The number of ether oxygens (including phenoxy) is 1. The highest BCUT2D eigenvalue weighted by atomic mass is 35.5. The summed E-state index contributed by atoms with van der Waals surface area (Å²) in [5, 5.41) is 0.167. The van der Waals surface area contributed by atoms with E-state index >= 15 is 0 Å². The number of piperidine rings is 2. The second-order valence-corrected chi connectivity index (χ2v) is 12.7. The van der Waals surface area contributed by atoms with Gasteiger partial charge in [-0.3, -0.25) is 9.69 Å². The quantitative estimate of drug-likeness (QED) is 0.369. The van der Waals surface area contributed by atoms with Crippen LogP contribution >= 0.6 is 11.6 Å². The SMILES string of the molecule is CCCCC1CN(CC2CCCCC2)C(=O)OC12CCN(C1CCN(C(=O)c3c(F)cccc3Cl)CC1)CC2. The number of likely N-dealkylation sites (tertiary alicyclic amines) is 2. The Balaban J connectivity index is 1.16. The lowest BCUT2D eigenvalue weighted by atomic mass is 9.75. The summed E-state index contributed by atoms with van der Waals surface area (Å²) in [6.07, 6.45) is 13.2. The van der Waals surface area contributed by atoms with Crippen molar-refractivity contribution in [1.29, 1.82) is 0 Å². The number of hydrogen-bond donors (Lipinski definition) is 0. The average molecular weight is 562 g/mol. The van der Waals surface area contributed by atoms with Crippen LogP contribution in [0, 0.1) is 17.7 Å². The molecule has 1 spiro atoms. The summed E-state index contributed by atoms with van der Waals surface area (Å²) >= 11 is 6.14. The fourth-order valence-electron chi connectivity index (χ4n) is 7.54. The van der Waals surface area contributed by atoms with E-state index in [4.69, 9.17) is 16.3 Å². The minimum absolute atomic E-state index is 0.0210. The van der Waals surface area contributed by atoms with Crippen molar-refractivity contribution in [2.45, 2.75) is 95.6 Å². The molecule has 6 nitrogen and oxygen atoms in total. The lowest BCUT2D eigenvalue weighted by Gasteiger charge is -2.52. The normalized spacial score (nSPS) is 25.2. The van der Waals surface area contributed by atoms with Crippen LogP contribution in [0.2, 0.25) is 5.02 Å². The maximum Gasteiger partial charge on any atom is 0.410 e. The van der Waals surface area contributed by atoms with Crippen LogP contribution in [0.5, 0.6) is 0 Å². The van der Waals surface area contributed by atoms with Crippen molar-refractivity contribution in [3.63, 3.8) is 0 Å². The van der Waals surface area contributed by atoms with E-state index < -0.39 is 5.82 Å². The van der Waals surface area contributed by atoms with E-state index in [1.807, 2.05) is 4.90 Å². The van der Waals surface area contributed by atoms with Gasteiger partial charge in [-0.05, 0) is 50.2 Å². The number of rotatable bonds is 7. The number of nitrogens with zero attached hydrogens (tertiary/aromatic N) is 3. The summed E-state index contributed by atoms with van der Waals surface area (Å²) in [4.78, 5) is 32.5. The standard InChI is InChI=1S/C31H45ClFN3O3/c1-2-3-10-24-22-36(21-23-8-5-4-6-9-23)30(38)39-31(24)15-19-34(20-16-31)25-13-17-35(18-14-25)29(37)28-26(32)11-7-12-27(28)33/h7,11-12,23-25H,2-6,8-10,13-22H2,1H3. The zero-order valence-electron chi connectivity index (χ0n) is 23.5. The molecule has 1 aromatic carbocycles. The van der Waals surface area contributed by atoms with Gasteiger partial charge < -0.3 is 14.5 Å². The lowest BCUT2D eigenvalue weighted by Crippen LogP contribution is -2.61. The molecule has 1 aromatic rings. The maximum atomic E-state index is 14.3. The highest BCUT2D eigenvalue weighted by Crippen LogP contribution is 2.42. The first-order valence-electron chi connectivity index (χ1n) is 15.4. The molecule has 3 saturated heterocycles. The van der Waals surface area contributed by atoms with Crippen LogP contribution in [0.15, 0.2) is 18.2 Å². The summed E-state index contributed by atoms with van der Waals surface area (Å²) in [5.41, 5.74) is -0.364. The Morgan fingerprint density at radius 2 is 1.79 bits per heavy atom. The molecule has 39 heavy (non-hydrogen) atoms. The Hall–Kier alpha value is -1.86. The second kappa shape index (κ2) is 12.8. The van der Waals surface area contributed by atoms with Gasteiger partial charge in [0.1, 0.15) is 11.4 Å². The van der Waals surface area contributed by atoms with E-state index in [2.05, 4.69) is 11.8 Å². The summed E-state index contributed by atoms with van der Waals surface area (Å²) in [7, 11) is 0. The van der Waals surface area contributed by atoms with E-state index in [0.29, 0.717) is 31.0 Å². The van der Waals surface area contributed by atoms with Crippen molar-refractivity contribution in [3.05, 3.63) is 34.6 Å². The minimum atomic E-state index is -0.562. The molecule has 1 atom stereocenters. The van der Waals surface area contributed by atoms with E-state index in [9.17, 15) is 14.0 Å². The largest absolute Gasteiger partial charge is 0.442 e. The van der Waals surface area contributed by atoms with Gasteiger partial charge in [0.05, 0.1) is 10.6 Å². The van der Waals surface area contributed by atoms with Crippen molar-refractivity contribution in [2.24, 2.45) is 11.8 Å². The van der Waals surface area contributed by atoms with Crippen molar-refractivity contribution in [2.75, 3.05) is 39.3 Å². The molecular weight excluding hydrogens is 517 g/mol. The molecule has 2 amide bonds. The number of unbranched alkanes of at least 4 members (excludes halogenated alkanes) is 1. The Morgan fingerprint density at radius 3 is 2.46 bits per heavy atom. The average Bonchev–Trinajstić information content (AvgIpc) is 2.95. The molecule has 0 aromatic heterocycles. The monoisotopic (exact) mass is 561 g/mol. The molecule has 0 bridgehead atoms. The van der Waals surface area contributed by atoms with Gasteiger partial charge in [-0.15, -0.1) is 0 Å². The predicted octanol–water partition coefficient (Wildman–Crippen LogP) is 6.76. The number of benzene rings is 1. The van der Waals surface area contributed by atoms with Gasteiger partial charge in [0, 0.05) is 64.1 Å². The van der Waals surface area contributed by atoms with E-state index in [-0.39, 0.29) is 28.2 Å². The molecule has 216 valence electrons. The molecule has 0 radical (unpaired) electrons. The van der Waals surface area contributed by atoms with E-state index in [0.717, 1.165) is 64.7 Å². The highest BCUT2D eigenvalue weighted by molar-refractivity contribution is 6.33. The molecule has 4 fully saturated rings. The summed E-state index contributed by atoms with van der Waals surface area (Å²) < 4.78 is 20.7. The number of carbonyl (C=O) groups excluding carboxylic acids is 2.